The van der Waals surface area contributed by atoms with E-state index in [0.717, 1.165) is 11.5 Å². The summed E-state index contributed by atoms with van der Waals surface area (Å²) in [4.78, 5) is 35.1. The van der Waals surface area contributed by atoms with Crippen LogP contribution in [-0.2, 0) is 20.7 Å². The van der Waals surface area contributed by atoms with Crippen molar-refractivity contribution in [2.24, 2.45) is 0 Å². The van der Waals surface area contributed by atoms with Crippen LogP contribution in [0.3, 0.4) is 0 Å². The number of anilines is 2. The van der Waals surface area contributed by atoms with E-state index in [4.69, 9.17) is 4.74 Å². The molecule has 8 nitrogen and oxygen atoms in total. The Morgan fingerprint density at radius 1 is 1.21 bits per heavy atom. The monoisotopic (exact) mass is 348 g/mol. The summed E-state index contributed by atoms with van der Waals surface area (Å²) >= 11 is 0.938. The zero-order chi connectivity index (χ0) is 17.5. The molecule has 0 spiro atoms. The highest BCUT2D eigenvalue weighted by atomic mass is 32.1. The molecule has 0 unspecified atom stereocenters. The lowest BCUT2D eigenvalue weighted by Gasteiger charge is -2.08. The summed E-state index contributed by atoms with van der Waals surface area (Å²) in [7, 11) is 0. The number of esters is 1. The van der Waals surface area contributed by atoms with Crippen molar-refractivity contribution >= 4 is 40.7 Å². The first kappa shape index (κ1) is 17.5. The van der Waals surface area contributed by atoms with Gasteiger partial charge in [0.15, 0.2) is 11.5 Å². The van der Waals surface area contributed by atoms with Crippen molar-refractivity contribution in [3.63, 3.8) is 0 Å². The number of aromatic nitrogens is 2. The van der Waals surface area contributed by atoms with Crippen LogP contribution in [0.25, 0.3) is 0 Å². The summed E-state index contributed by atoms with van der Waals surface area (Å²) in [5.74, 6) is -1.32. The minimum absolute atomic E-state index is 0.211. The molecule has 2 amide bonds. The maximum absolute atomic E-state index is 11.9. The standard InChI is InChI=1S/C15H16N4O4S/c1-3-12-14(24-19-18-12)15(22)23-8-13(21)17-11-6-4-5-10(7-11)16-9(2)20/h4-7H,3,8H2,1-2H3,(H,16,20)(H,17,21). The van der Waals surface area contributed by atoms with Crippen LogP contribution in [-0.4, -0.2) is 34.0 Å². The largest absolute Gasteiger partial charge is 0.451 e. The van der Waals surface area contributed by atoms with Crippen LogP contribution < -0.4 is 10.6 Å². The van der Waals surface area contributed by atoms with E-state index in [1.54, 1.807) is 24.3 Å². The van der Waals surface area contributed by atoms with E-state index in [2.05, 4.69) is 20.2 Å². The van der Waals surface area contributed by atoms with Crippen LogP contribution in [0.5, 0.6) is 0 Å². The Hall–Kier alpha value is -2.81. The van der Waals surface area contributed by atoms with Gasteiger partial charge in [0.25, 0.3) is 5.91 Å². The Morgan fingerprint density at radius 3 is 2.58 bits per heavy atom. The van der Waals surface area contributed by atoms with Crippen LogP contribution in [0.2, 0.25) is 0 Å². The predicted molar refractivity (Wildman–Crippen MR) is 88.9 cm³/mol. The summed E-state index contributed by atoms with van der Waals surface area (Å²) in [6.07, 6.45) is 0.559. The van der Waals surface area contributed by atoms with E-state index in [-0.39, 0.29) is 5.91 Å². The molecule has 0 saturated carbocycles. The third-order valence-corrected chi connectivity index (χ3v) is 3.63. The van der Waals surface area contributed by atoms with Gasteiger partial charge in [-0.25, -0.2) is 4.79 Å². The molecule has 1 aromatic heterocycles. The smallest absolute Gasteiger partial charge is 0.352 e. The first-order valence-electron chi connectivity index (χ1n) is 7.15. The second kappa shape index (κ2) is 8.16. The molecule has 0 saturated heterocycles. The molecule has 126 valence electrons. The van der Waals surface area contributed by atoms with Gasteiger partial charge in [0.05, 0.1) is 5.69 Å². The average molecular weight is 348 g/mol. The fourth-order valence-electron chi connectivity index (χ4n) is 1.87. The second-order valence-electron chi connectivity index (χ2n) is 4.79. The summed E-state index contributed by atoms with van der Waals surface area (Å²) in [6, 6.07) is 6.64. The summed E-state index contributed by atoms with van der Waals surface area (Å²) in [5.41, 5.74) is 1.59. The Balaban J connectivity index is 1.89. The number of nitrogens with zero attached hydrogens (tertiary/aromatic N) is 2. The van der Waals surface area contributed by atoms with Gasteiger partial charge in [-0.1, -0.05) is 17.5 Å². The average Bonchev–Trinajstić information content (AvgIpc) is 3.01. The number of aryl methyl sites for hydroxylation is 1. The molecule has 1 heterocycles. The van der Waals surface area contributed by atoms with Gasteiger partial charge in [0, 0.05) is 18.3 Å². The van der Waals surface area contributed by atoms with Crippen LogP contribution >= 0.6 is 11.5 Å². The SMILES string of the molecule is CCc1nnsc1C(=O)OCC(=O)Nc1cccc(NC(C)=O)c1. The molecule has 2 aromatic rings. The van der Waals surface area contributed by atoms with Crippen molar-refractivity contribution in [2.45, 2.75) is 20.3 Å². The van der Waals surface area contributed by atoms with E-state index < -0.39 is 18.5 Å². The molecule has 0 aliphatic rings. The highest BCUT2D eigenvalue weighted by Gasteiger charge is 2.17. The number of hydrogen-bond donors (Lipinski definition) is 2. The highest BCUT2D eigenvalue weighted by molar-refractivity contribution is 7.07. The number of amides is 2. The molecule has 2 N–H and O–H groups in total. The maximum atomic E-state index is 11.9. The normalized spacial score (nSPS) is 10.1. The molecule has 0 radical (unpaired) electrons. The van der Waals surface area contributed by atoms with Crippen molar-refractivity contribution < 1.29 is 19.1 Å². The molecule has 9 heteroatoms. The molecule has 1 aromatic carbocycles. The Kier molecular flexibility index (Phi) is 5.96. The molecule has 0 aliphatic carbocycles. The Morgan fingerprint density at radius 2 is 1.92 bits per heavy atom. The van der Waals surface area contributed by atoms with Gasteiger partial charge in [0.1, 0.15) is 0 Å². The van der Waals surface area contributed by atoms with Crippen LogP contribution in [0.15, 0.2) is 24.3 Å². The molecule has 2 rings (SSSR count). The van der Waals surface area contributed by atoms with Gasteiger partial charge in [-0.05, 0) is 36.2 Å². The van der Waals surface area contributed by atoms with Gasteiger partial charge in [-0.2, -0.15) is 0 Å². The second-order valence-corrected chi connectivity index (χ2v) is 5.54. The van der Waals surface area contributed by atoms with Gasteiger partial charge >= 0.3 is 5.97 Å². The fraction of sp³-hybridized carbons (Fsp3) is 0.267. The maximum Gasteiger partial charge on any atom is 0.352 e. The van der Waals surface area contributed by atoms with Crippen molar-refractivity contribution in [3.05, 3.63) is 34.8 Å². The zero-order valence-electron chi connectivity index (χ0n) is 13.2. The van der Waals surface area contributed by atoms with Gasteiger partial charge in [0.2, 0.25) is 5.91 Å². The Bertz CT molecular complexity index is 759. The third-order valence-electron chi connectivity index (χ3n) is 2.88. The number of benzene rings is 1. The van der Waals surface area contributed by atoms with E-state index in [0.29, 0.717) is 28.4 Å². The quantitative estimate of drug-likeness (QED) is 0.771. The van der Waals surface area contributed by atoms with Crippen molar-refractivity contribution in [3.8, 4) is 0 Å². The molecular weight excluding hydrogens is 332 g/mol. The first-order valence-corrected chi connectivity index (χ1v) is 7.92. The summed E-state index contributed by atoms with van der Waals surface area (Å²) in [5, 5.41) is 9.02. The number of carbonyl (C=O) groups excluding carboxylic acids is 3. The van der Waals surface area contributed by atoms with E-state index >= 15 is 0 Å². The van der Waals surface area contributed by atoms with E-state index in [1.165, 1.54) is 6.92 Å². The molecule has 0 aliphatic heterocycles. The number of rotatable bonds is 6. The lowest BCUT2D eigenvalue weighted by molar-refractivity contribution is -0.119. The van der Waals surface area contributed by atoms with E-state index in [1.807, 2.05) is 6.92 Å². The topological polar surface area (TPSA) is 110 Å². The fourth-order valence-corrected chi connectivity index (χ4v) is 2.51. The van der Waals surface area contributed by atoms with Gasteiger partial charge in [-0.15, -0.1) is 5.10 Å². The predicted octanol–water partition coefficient (Wildman–Crippen LogP) is 1.85. The van der Waals surface area contributed by atoms with E-state index in [9.17, 15) is 14.4 Å². The molecule has 0 fully saturated rings. The molecule has 0 atom stereocenters. The van der Waals surface area contributed by atoms with Crippen LogP contribution in [0.4, 0.5) is 11.4 Å². The van der Waals surface area contributed by atoms with Crippen molar-refractivity contribution in [1.82, 2.24) is 9.59 Å². The summed E-state index contributed by atoms with van der Waals surface area (Å²) in [6.45, 7) is 2.82. The number of carbonyl (C=O) groups is 3. The van der Waals surface area contributed by atoms with Crippen molar-refractivity contribution in [2.75, 3.05) is 17.2 Å². The Labute approximate surface area is 142 Å². The number of hydrogen-bond acceptors (Lipinski definition) is 7. The zero-order valence-corrected chi connectivity index (χ0v) is 14.0. The van der Waals surface area contributed by atoms with Crippen molar-refractivity contribution in [1.29, 1.82) is 0 Å². The lowest BCUT2D eigenvalue weighted by Crippen LogP contribution is -2.21. The minimum atomic E-state index is -0.621. The molecule has 24 heavy (non-hydrogen) atoms. The third kappa shape index (κ3) is 4.85. The highest BCUT2D eigenvalue weighted by Crippen LogP contribution is 2.15. The molecule has 0 bridgehead atoms. The van der Waals surface area contributed by atoms with Gasteiger partial charge in [-0.3, -0.25) is 9.59 Å². The van der Waals surface area contributed by atoms with Gasteiger partial charge < -0.3 is 15.4 Å². The van der Waals surface area contributed by atoms with Crippen LogP contribution in [0, 0.1) is 0 Å². The summed E-state index contributed by atoms with van der Waals surface area (Å²) < 4.78 is 8.67. The first-order chi connectivity index (χ1) is 11.5. The number of nitrogens with one attached hydrogen (secondary N) is 2. The minimum Gasteiger partial charge on any atom is -0.451 e. The van der Waals surface area contributed by atoms with Crippen LogP contribution in [0.1, 0.15) is 29.2 Å². The number of ether oxygens (including phenoxy) is 1. The molecular formula is C15H16N4O4S. The lowest BCUT2D eigenvalue weighted by atomic mass is 10.2.